The summed E-state index contributed by atoms with van der Waals surface area (Å²) in [5.41, 5.74) is 5.29. The number of carbonyl (C=O) groups excluding carboxylic acids is 1. The lowest BCUT2D eigenvalue weighted by molar-refractivity contribution is -0.122. The van der Waals surface area contributed by atoms with E-state index in [-0.39, 0.29) is 5.91 Å². The molecule has 2 aromatic carbocycles. The Kier molecular flexibility index (Phi) is 4.95. The number of nitrogens with zero attached hydrogens (tertiary/aromatic N) is 4. The summed E-state index contributed by atoms with van der Waals surface area (Å²) in [6.45, 7) is 5.79. The predicted octanol–water partition coefficient (Wildman–Crippen LogP) is 3.81. The van der Waals surface area contributed by atoms with E-state index in [1.807, 2.05) is 68.4 Å². The van der Waals surface area contributed by atoms with E-state index in [0.29, 0.717) is 17.1 Å². The molecule has 2 heterocycles. The van der Waals surface area contributed by atoms with Crippen molar-refractivity contribution >= 4 is 17.2 Å². The lowest BCUT2D eigenvalue weighted by Gasteiger charge is -2.16. The molecule has 0 saturated heterocycles. The van der Waals surface area contributed by atoms with Crippen LogP contribution >= 0.6 is 0 Å². The standard InChI is InChI=1S/C22H21N5O2/c1-14-7-8-19(11-15(14)2)29-16(3)22(28)24-18-6-4-5-17(12-18)20-9-10-21-25-23-13-27(21)26-20/h4-13,16H,1-3H3,(H,24,28). The number of anilines is 1. The van der Waals surface area contributed by atoms with Crippen LogP contribution in [0.15, 0.2) is 60.9 Å². The number of aryl methyl sites for hydroxylation is 2. The zero-order chi connectivity index (χ0) is 20.4. The smallest absolute Gasteiger partial charge is 0.265 e. The molecular formula is C22H21N5O2. The van der Waals surface area contributed by atoms with Gasteiger partial charge in [0.1, 0.15) is 12.1 Å². The summed E-state index contributed by atoms with van der Waals surface area (Å²) in [6.07, 6.45) is 0.920. The summed E-state index contributed by atoms with van der Waals surface area (Å²) in [5.74, 6) is 0.457. The fourth-order valence-corrected chi connectivity index (χ4v) is 2.93. The molecule has 0 aliphatic rings. The molecule has 0 aliphatic carbocycles. The normalized spacial score (nSPS) is 12.0. The first-order valence-electron chi connectivity index (χ1n) is 9.32. The molecule has 0 spiro atoms. The highest BCUT2D eigenvalue weighted by molar-refractivity contribution is 5.94. The topological polar surface area (TPSA) is 81.4 Å². The van der Waals surface area contributed by atoms with E-state index in [1.165, 1.54) is 5.56 Å². The van der Waals surface area contributed by atoms with Crippen molar-refractivity contribution in [3.8, 4) is 17.0 Å². The quantitative estimate of drug-likeness (QED) is 0.563. The van der Waals surface area contributed by atoms with Gasteiger partial charge < -0.3 is 10.1 Å². The number of fused-ring (bicyclic) bond motifs is 1. The molecule has 0 radical (unpaired) electrons. The van der Waals surface area contributed by atoms with Gasteiger partial charge >= 0.3 is 0 Å². The summed E-state index contributed by atoms with van der Waals surface area (Å²) in [5, 5.41) is 15.2. The first kappa shape index (κ1) is 18.6. The molecule has 0 bridgehead atoms. The predicted molar refractivity (Wildman–Crippen MR) is 111 cm³/mol. The average Bonchev–Trinajstić information content (AvgIpc) is 3.19. The van der Waals surface area contributed by atoms with Crippen LogP contribution in [-0.2, 0) is 4.79 Å². The highest BCUT2D eigenvalue weighted by Crippen LogP contribution is 2.22. The summed E-state index contributed by atoms with van der Waals surface area (Å²) < 4.78 is 7.41. The van der Waals surface area contributed by atoms with E-state index in [9.17, 15) is 4.79 Å². The Morgan fingerprint density at radius 3 is 2.76 bits per heavy atom. The van der Waals surface area contributed by atoms with Gasteiger partial charge in [-0.3, -0.25) is 4.79 Å². The summed E-state index contributed by atoms with van der Waals surface area (Å²) >= 11 is 0. The monoisotopic (exact) mass is 387 g/mol. The van der Waals surface area contributed by atoms with Gasteiger partial charge in [-0.25, -0.2) is 0 Å². The van der Waals surface area contributed by atoms with Crippen LogP contribution in [0.25, 0.3) is 16.9 Å². The van der Waals surface area contributed by atoms with E-state index in [1.54, 1.807) is 17.8 Å². The third kappa shape index (κ3) is 4.08. The van der Waals surface area contributed by atoms with E-state index in [2.05, 4.69) is 20.6 Å². The fraction of sp³-hybridized carbons (Fsp3) is 0.182. The van der Waals surface area contributed by atoms with Crippen LogP contribution in [-0.4, -0.2) is 31.8 Å². The first-order valence-corrected chi connectivity index (χ1v) is 9.32. The summed E-state index contributed by atoms with van der Waals surface area (Å²) in [4.78, 5) is 12.6. The van der Waals surface area contributed by atoms with Crippen molar-refractivity contribution < 1.29 is 9.53 Å². The van der Waals surface area contributed by atoms with E-state index >= 15 is 0 Å². The van der Waals surface area contributed by atoms with Gasteiger partial charge in [0.05, 0.1) is 5.69 Å². The molecule has 7 heteroatoms. The Morgan fingerprint density at radius 2 is 1.93 bits per heavy atom. The first-order chi connectivity index (χ1) is 14.0. The maximum absolute atomic E-state index is 12.6. The molecule has 0 aliphatic heterocycles. The fourth-order valence-electron chi connectivity index (χ4n) is 2.93. The Hall–Kier alpha value is -3.74. The number of carbonyl (C=O) groups is 1. The molecule has 1 N–H and O–H groups in total. The van der Waals surface area contributed by atoms with Crippen LogP contribution < -0.4 is 10.1 Å². The lowest BCUT2D eigenvalue weighted by Crippen LogP contribution is -2.30. The molecule has 4 aromatic rings. The van der Waals surface area contributed by atoms with E-state index in [4.69, 9.17) is 4.74 Å². The van der Waals surface area contributed by atoms with Gasteiger partial charge in [-0.05, 0) is 68.3 Å². The molecular weight excluding hydrogens is 366 g/mol. The number of benzene rings is 2. The molecule has 2 aromatic heterocycles. The van der Waals surface area contributed by atoms with E-state index in [0.717, 1.165) is 16.8 Å². The van der Waals surface area contributed by atoms with Crippen LogP contribution in [0, 0.1) is 13.8 Å². The van der Waals surface area contributed by atoms with Gasteiger partial charge in [0.15, 0.2) is 11.8 Å². The third-order valence-electron chi connectivity index (χ3n) is 4.75. The van der Waals surface area contributed by atoms with Crippen molar-refractivity contribution in [2.45, 2.75) is 26.9 Å². The maximum atomic E-state index is 12.6. The van der Waals surface area contributed by atoms with Crippen molar-refractivity contribution in [3.05, 3.63) is 72.1 Å². The van der Waals surface area contributed by atoms with Crippen molar-refractivity contribution in [3.63, 3.8) is 0 Å². The molecule has 0 saturated carbocycles. The Morgan fingerprint density at radius 1 is 1.07 bits per heavy atom. The molecule has 146 valence electrons. The van der Waals surface area contributed by atoms with Crippen LogP contribution in [0.1, 0.15) is 18.1 Å². The van der Waals surface area contributed by atoms with Gasteiger partial charge in [-0.15, -0.1) is 10.2 Å². The molecule has 1 unspecified atom stereocenters. The van der Waals surface area contributed by atoms with Crippen molar-refractivity contribution in [1.82, 2.24) is 19.8 Å². The van der Waals surface area contributed by atoms with Crippen LogP contribution in [0.4, 0.5) is 5.69 Å². The highest BCUT2D eigenvalue weighted by Gasteiger charge is 2.15. The van der Waals surface area contributed by atoms with Crippen molar-refractivity contribution in [2.75, 3.05) is 5.32 Å². The number of ether oxygens (including phenoxy) is 1. The van der Waals surface area contributed by atoms with Gasteiger partial charge in [0.2, 0.25) is 0 Å². The number of amides is 1. The second kappa shape index (κ2) is 7.71. The van der Waals surface area contributed by atoms with E-state index < -0.39 is 6.10 Å². The molecule has 4 rings (SSSR count). The van der Waals surface area contributed by atoms with Crippen LogP contribution in [0.5, 0.6) is 5.75 Å². The molecule has 7 nitrogen and oxygen atoms in total. The average molecular weight is 387 g/mol. The lowest BCUT2D eigenvalue weighted by atomic mass is 10.1. The number of aromatic nitrogens is 4. The number of rotatable bonds is 5. The summed E-state index contributed by atoms with van der Waals surface area (Å²) in [6, 6.07) is 17.0. The molecule has 0 fully saturated rings. The van der Waals surface area contributed by atoms with Gasteiger partial charge in [-0.1, -0.05) is 18.2 Å². The summed E-state index contributed by atoms with van der Waals surface area (Å²) in [7, 11) is 0. The van der Waals surface area contributed by atoms with Crippen molar-refractivity contribution in [2.24, 2.45) is 0 Å². The van der Waals surface area contributed by atoms with Gasteiger partial charge in [-0.2, -0.15) is 9.61 Å². The maximum Gasteiger partial charge on any atom is 0.265 e. The Bertz CT molecular complexity index is 1180. The minimum Gasteiger partial charge on any atom is -0.481 e. The minimum absolute atomic E-state index is 0.220. The Labute approximate surface area is 168 Å². The minimum atomic E-state index is -0.632. The van der Waals surface area contributed by atoms with Crippen LogP contribution in [0.3, 0.4) is 0 Å². The zero-order valence-corrected chi connectivity index (χ0v) is 16.5. The van der Waals surface area contributed by atoms with Crippen molar-refractivity contribution in [1.29, 1.82) is 0 Å². The zero-order valence-electron chi connectivity index (χ0n) is 16.5. The largest absolute Gasteiger partial charge is 0.481 e. The second-order valence-electron chi connectivity index (χ2n) is 6.93. The molecule has 1 amide bonds. The highest BCUT2D eigenvalue weighted by atomic mass is 16.5. The number of hydrogen-bond acceptors (Lipinski definition) is 5. The SMILES string of the molecule is Cc1ccc(OC(C)C(=O)Nc2cccc(-c3ccc4nncn4n3)c2)cc1C. The molecule has 29 heavy (non-hydrogen) atoms. The Balaban J connectivity index is 1.47. The second-order valence-corrected chi connectivity index (χ2v) is 6.93. The third-order valence-corrected chi connectivity index (χ3v) is 4.75. The van der Waals surface area contributed by atoms with Gasteiger partial charge in [0, 0.05) is 11.3 Å². The number of nitrogens with one attached hydrogen (secondary N) is 1. The van der Waals surface area contributed by atoms with Crippen LogP contribution in [0.2, 0.25) is 0 Å². The molecule has 1 atom stereocenters. The number of hydrogen-bond donors (Lipinski definition) is 1. The van der Waals surface area contributed by atoms with Gasteiger partial charge in [0.25, 0.3) is 5.91 Å².